The van der Waals surface area contributed by atoms with Gasteiger partial charge in [0.15, 0.2) is 9.84 Å². The van der Waals surface area contributed by atoms with Gasteiger partial charge in [0.25, 0.3) is 0 Å². The van der Waals surface area contributed by atoms with Crippen LogP contribution in [-0.2, 0) is 26.9 Å². The van der Waals surface area contributed by atoms with Crippen LogP contribution in [0, 0.1) is 27.7 Å². The summed E-state index contributed by atoms with van der Waals surface area (Å²) in [6.45, 7) is 7.27. The lowest BCUT2D eigenvalue weighted by molar-refractivity contribution is -0.122. The van der Waals surface area contributed by atoms with Crippen molar-refractivity contribution >= 4 is 15.7 Å². The molecule has 1 aliphatic rings. The average molecular weight is 491 g/mol. The molecule has 0 atom stereocenters. The zero-order valence-corrected chi connectivity index (χ0v) is 22.3. The van der Waals surface area contributed by atoms with Crippen molar-refractivity contribution in [1.82, 2.24) is 20.0 Å². The Morgan fingerprint density at radius 1 is 1.12 bits per heavy atom. The lowest BCUT2D eigenvalue weighted by Gasteiger charge is -2.33. The Bertz CT molecular complexity index is 1120. The first kappa shape index (κ1) is 26.2. The molecule has 0 bridgehead atoms. The number of methoxy groups -OCH3 is 1. The van der Waals surface area contributed by atoms with Gasteiger partial charge in [-0.25, -0.2) is 8.42 Å². The topological polar surface area (TPSA) is 93.5 Å². The Morgan fingerprint density at radius 3 is 2.24 bits per heavy atom. The van der Waals surface area contributed by atoms with Crippen LogP contribution in [0.1, 0.15) is 53.8 Å². The number of amides is 1. The number of nitrogens with zero attached hydrogens (tertiary/aromatic N) is 3. The molecule has 1 aliphatic carbocycles. The monoisotopic (exact) mass is 490 g/mol. The molecule has 1 saturated carbocycles. The number of rotatable bonds is 8. The maximum atomic E-state index is 13.4. The number of hydrogen-bond donors (Lipinski definition) is 1. The van der Waals surface area contributed by atoms with Crippen molar-refractivity contribution in [3.05, 3.63) is 40.2 Å². The summed E-state index contributed by atoms with van der Waals surface area (Å²) in [6, 6.07) is 4.23. The summed E-state index contributed by atoms with van der Waals surface area (Å²) in [5, 5.41) is 7.63. The third-order valence-corrected chi connectivity index (χ3v) is 8.87. The number of carbonyl (C=O) groups excluding carboxylic acids is 1. The van der Waals surface area contributed by atoms with Crippen molar-refractivity contribution < 1.29 is 17.9 Å². The summed E-state index contributed by atoms with van der Waals surface area (Å²) < 4.78 is 33.6. The van der Waals surface area contributed by atoms with Crippen LogP contribution in [0.25, 0.3) is 0 Å². The molecular weight excluding hydrogens is 452 g/mol. The second kappa shape index (κ2) is 10.5. The van der Waals surface area contributed by atoms with E-state index in [0.29, 0.717) is 44.8 Å². The van der Waals surface area contributed by atoms with Crippen molar-refractivity contribution in [2.45, 2.75) is 82.7 Å². The van der Waals surface area contributed by atoms with Crippen molar-refractivity contribution in [1.29, 1.82) is 0 Å². The number of aryl methyl sites for hydroxylation is 3. The van der Waals surface area contributed by atoms with Gasteiger partial charge < -0.3 is 15.0 Å². The molecule has 0 spiro atoms. The van der Waals surface area contributed by atoms with E-state index in [1.54, 1.807) is 44.7 Å². The standard InChI is InChI=1S/C25H38N4O4S/c1-16-12-22(33-7)13-17(2)25(16)34(31,32)15-23-18(3)27-29(19(23)4)14-24(30)26-20-8-10-21(11-9-20)28(5)6/h12-13,20-21H,8-11,14-15H2,1-7H3,(H,26,30). The van der Waals surface area contributed by atoms with Gasteiger partial charge in [-0.05, 0) is 90.7 Å². The summed E-state index contributed by atoms with van der Waals surface area (Å²) in [4.78, 5) is 15.3. The zero-order valence-electron chi connectivity index (χ0n) is 21.4. The Labute approximate surface area is 203 Å². The van der Waals surface area contributed by atoms with Gasteiger partial charge in [0.1, 0.15) is 12.3 Å². The summed E-state index contributed by atoms with van der Waals surface area (Å²) in [7, 11) is 2.15. The van der Waals surface area contributed by atoms with Crippen LogP contribution in [-0.4, -0.2) is 62.3 Å². The fourth-order valence-electron chi connectivity index (χ4n) is 5.02. The third-order valence-electron chi connectivity index (χ3n) is 6.93. The van der Waals surface area contributed by atoms with Crippen molar-refractivity contribution in [3.63, 3.8) is 0 Å². The van der Waals surface area contributed by atoms with Gasteiger partial charge in [-0.3, -0.25) is 9.48 Å². The zero-order chi connectivity index (χ0) is 25.2. The van der Waals surface area contributed by atoms with Gasteiger partial charge in [-0.15, -0.1) is 0 Å². The maximum absolute atomic E-state index is 13.4. The molecule has 2 aromatic rings. The van der Waals surface area contributed by atoms with Crippen molar-refractivity contribution in [2.75, 3.05) is 21.2 Å². The highest BCUT2D eigenvalue weighted by molar-refractivity contribution is 7.90. The number of carbonyl (C=O) groups is 1. The highest BCUT2D eigenvalue weighted by Gasteiger charge is 2.27. The van der Waals surface area contributed by atoms with E-state index < -0.39 is 9.84 Å². The van der Waals surface area contributed by atoms with Gasteiger partial charge in [0, 0.05) is 23.3 Å². The molecule has 9 heteroatoms. The SMILES string of the molecule is COc1cc(C)c(S(=O)(=O)Cc2c(C)nn(CC(=O)NC3CCC(N(C)C)CC3)c2C)c(C)c1. The Balaban J connectivity index is 1.71. The minimum Gasteiger partial charge on any atom is -0.497 e. The van der Waals surface area contributed by atoms with Crippen LogP contribution in [0.4, 0.5) is 0 Å². The molecule has 1 fully saturated rings. The van der Waals surface area contributed by atoms with Gasteiger partial charge in [0.05, 0.1) is 23.5 Å². The number of ether oxygens (including phenoxy) is 1. The average Bonchev–Trinajstić information content (AvgIpc) is 3.00. The van der Waals surface area contributed by atoms with Gasteiger partial charge >= 0.3 is 0 Å². The van der Waals surface area contributed by atoms with Crippen LogP contribution in [0.5, 0.6) is 5.75 Å². The fraction of sp³-hybridized carbons (Fsp3) is 0.600. The summed E-state index contributed by atoms with van der Waals surface area (Å²) >= 11 is 0. The van der Waals surface area contributed by atoms with E-state index in [0.717, 1.165) is 25.7 Å². The van der Waals surface area contributed by atoms with E-state index >= 15 is 0 Å². The minimum absolute atomic E-state index is 0.0842. The van der Waals surface area contributed by atoms with E-state index in [2.05, 4.69) is 29.4 Å². The van der Waals surface area contributed by atoms with Crippen molar-refractivity contribution in [3.8, 4) is 5.75 Å². The lowest BCUT2D eigenvalue weighted by atomic mass is 9.90. The van der Waals surface area contributed by atoms with Gasteiger partial charge in [-0.1, -0.05) is 0 Å². The predicted octanol–water partition coefficient (Wildman–Crippen LogP) is 3.09. The second-order valence-corrected chi connectivity index (χ2v) is 11.6. The Kier molecular flexibility index (Phi) is 8.08. The Hall–Kier alpha value is -2.39. The smallest absolute Gasteiger partial charge is 0.241 e. The normalized spacial score (nSPS) is 18.8. The van der Waals surface area contributed by atoms with E-state index in [9.17, 15) is 13.2 Å². The molecule has 0 saturated heterocycles. The molecule has 1 amide bonds. The largest absolute Gasteiger partial charge is 0.497 e. The fourth-order valence-corrected chi connectivity index (χ4v) is 7.07. The van der Waals surface area contributed by atoms with Crippen LogP contribution in [0.3, 0.4) is 0 Å². The molecule has 1 aromatic carbocycles. The van der Waals surface area contributed by atoms with E-state index in [1.165, 1.54) is 0 Å². The number of benzene rings is 1. The van der Waals surface area contributed by atoms with E-state index in [1.807, 2.05) is 6.92 Å². The highest BCUT2D eigenvalue weighted by Crippen LogP contribution is 2.29. The van der Waals surface area contributed by atoms with Crippen LogP contribution >= 0.6 is 0 Å². The predicted molar refractivity (Wildman–Crippen MR) is 133 cm³/mol. The van der Waals surface area contributed by atoms with Gasteiger partial charge in [0.2, 0.25) is 5.91 Å². The quantitative estimate of drug-likeness (QED) is 0.611. The molecule has 1 heterocycles. The number of nitrogens with one attached hydrogen (secondary N) is 1. The van der Waals surface area contributed by atoms with Crippen molar-refractivity contribution in [2.24, 2.45) is 0 Å². The van der Waals surface area contributed by atoms with Gasteiger partial charge in [-0.2, -0.15) is 5.10 Å². The molecule has 0 aliphatic heterocycles. The maximum Gasteiger partial charge on any atom is 0.241 e. The molecule has 1 N–H and O–H groups in total. The molecule has 8 nitrogen and oxygen atoms in total. The lowest BCUT2D eigenvalue weighted by Crippen LogP contribution is -2.43. The molecule has 1 aromatic heterocycles. The summed E-state index contributed by atoms with van der Waals surface area (Å²) in [5.41, 5.74) is 3.29. The molecular formula is C25H38N4O4S. The molecule has 0 radical (unpaired) electrons. The number of sulfone groups is 1. The number of hydrogen-bond acceptors (Lipinski definition) is 6. The molecule has 3 rings (SSSR count). The van der Waals surface area contributed by atoms with Crippen LogP contribution in [0.15, 0.2) is 17.0 Å². The van der Waals surface area contributed by atoms with E-state index in [-0.39, 0.29) is 24.2 Å². The first-order chi connectivity index (χ1) is 15.9. The molecule has 188 valence electrons. The Morgan fingerprint density at radius 2 is 1.71 bits per heavy atom. The third kappa shape index (κ3) is 5.81. The molecule has 34 heavy (non-hydrogen) atoms. The minimum atomic E-state index is -3.61. The first-order valence-electron chi connectivity index (χ1n) is 11.8. The molecule has 0 unspecified atom stereocenters. The van der Waals surface area contributed by atoms with Crippen LogP contribution in [0.2, 0.25) is 0 Å². The summed E-state index contributed by atoms with van der Waals surface area (Å²) in [6.07, 6.45) is 4.08. The second-order valence-electron chi connectivity index (χ2n) is 9.69. The highest BCUT2D eigenvalue weighted by atomic mass is 32.2. The van der Waals surface area contributed by atoms with Crippen LogP contribution < -0.4 is 10.1 Å². The summed E-state index contributed by atoms with van der Waals surface area (Å²) in [5.74, 6) is 0.389. The first-order valence-corrected chi connectivity index (χ1v) is 13.4. The number of aromatic nitrogens is 2. The van der Waals surface area contributed by atoms with E-state index in [4.69, 9.17) is 4.74 Å².